The highest BCUT2D eigenvalue weighted by Crippen LogP contribution is 2.35. The maximum Gasteiger partial charge on any atom is 0.231 e. The lowest BCUT2D eigenvalue weighted by atomic mass is 10.2. The van der Waals surface area contributed by atoms with Gasteiger partial charge in [-0.2, -0.15) is 5.10 Å². The van der Waals surface area contributed by atoms with Crippen LogP contribution in [0.3, 0.4) is 0 Å². The lowest BCUT2D eigenvalue weighted by Crippen LogP contribution is -2.16. The van der Waals surface area contributed by atoms with Crippen molar-refractivity contribution in [3.8, 4) is 22.9 Å². The van der Waals surface area contributed by atoms with Gasteiger partial charge in [-0.1, -0.05) is 0 Å². The number of nitrogens with zero attached hydrogens (tertiary/aromatic N) is 2. The molecule has 0 amide bonds. The number of aromatic nitrogens is 3. The predicted octanol–water partition coefficient (Wildman–Crippen LogP) is 2.52. The number of hydrogen-bond donors (Lipinski definition) is 1. The lowest BCUT2D eigenvalue weighted by molar-refractivity contribution is 0.0970. The number of ether oxygens (including phenoxy) is 3. The van der Waals surface area contributed by atoms with Crippen molar-refractivity contribution in [2.24, 2.45) is 0 Å². The van der Waals surface area contributed by atoms with Crippen LogP contribution in [0.5, 0.6) is 11.5 Å². The fourth-order valence-corrected chi connectivity index (χ4v) is 2.94. The molecule has 0 bridgehead atoms. The first-order valence-corrected chi connectivity index (χ1v) is 7.39. The summed E-state index contributed by atoms with van der Waals surface area (Å²) in [5, 5.41) is 7.21. The van der Waals surface area contributed by atoms with E-state index in [9.17, 15) is 0 Å². The van der Waals surface area contributed by atoms with Gasteiger partial charge in [0.1, 0.15) is 0 Å². The van der Waals surface area contributed by atoms with E-state index in [1.807, 2.05) is 22.8 Å². The Hall–Kier alpha value is -1.86. The molecule has 1 aromatic heterocycles. The van der Waals surface area contributed by atoms with Crippen molar-refractivity contribution in [2.75, 3.05) is 13.4 Å². The van der Waals surface area contributed by atoms with Gasteiger partial charge < -0.3 is 14.2 Å². The van der Waals surface area contributed by atoms with Gasteiger partial charge >= 0.3 is 0 Å². The van der Waals surface area contributed by atoms with Crippen LogP contribution in [0.15, 0.2) is 18.2 Å². The van der Waals surface area contributed by atoms with Gasteiger partial charge in [-0.25, -0.2) is 0 Å². The highest BCUT2D eigenvalue weighted by atomic mass is 32.1. The van der Waals surface area contributed by atoms with Crippen LogP contribution in [0, 0.1) is 4.77 Å². The normalized spacial score (nSPS) is 20.1. The molecular formula is C14H15N3O3S. The van der Waals surface area contributed by atoms with E-state index in [2.05, 4.69) is 10.2 Å². The van der Waals surface area contributed by atoms with Crippen LogP contribution in [0.4, 0.5) is 0 Å². The lowest BCUT2D eigenvalue weighted by Gasteiger charge is -2.12. The second kappa shape index (κ2) is 5.16. The van der Waals surface area contributed by atoms with E-state index in [-0.39, 0.29) is 12.9 Å². The molecule has 2 aliphatic heterocycles. The third-order valence-electron chi connectivity index (χ3n) is 3.80. The molecule has 2 aliphatic rings. The number of fused-ring (bicyclic) bond motifs is 1. The number of H-pyrrole nitrogens is 1. The molecule has 1 atom stereocenters. The average Bonchev–Trinajstić information content (AvgIpc) is 3.21. The summed E-state index contributed by atoms with van der Waals surface area (Å²) in [4.78, 5) is 0. The van der Waals surface area contributed by atoms with Gasteiger partial charge in [0.2, 0.25) is 6.79 Å². The number of rotatable bonds is 3. The molecule has 1 saturated heterocycles. The van der Waals surface area contributed by atoms with Gasteiger partial charge in [-0.05, 0) is 43.3 Å². The molecule has 1 N–H and O–H groups in total. The first kappa shape index (κ1) is 12.8. The van der Waals surface area contributed by atoms with E-state index in [0.29, 0.717) is 4.77 Å². The van der Waals surface area contributed by atoms with Crippen molar-refractivity contribution in [2.45, 2.75) is 25.5 Å². The maximum absolute atomic E-state index is 5.69. The fourth-order valence-electron chi connectivity index (χ4n) is 2.74. The first-order valence-electron chi connectivity index (χ1n) is 6.98. The van der Waals surface area contributed by atoms with Crippen molar-refractivity contribution in [3.63, 3.8) is 0 Å². The molecule has 6 nitrogen and oxygen atoms in total. The second-order valence-corrected chi connectivity index (χ2v) is 5.55. The van der Waals surface area contributed by atoms with Crippen LogP contribution >= 0.6 is 12.2 Å². The smallest absolute Gasteiger partial charge is 0.231 e. The van der Waals surface area contributed by atoms with Crippen LogP contribution in [0.1, 0.15) is 12.8 Å². The summed E-state index contributed by atoms with van der Waals surface area (Å²) in [5.74, 6) is 2.30. The third kappa shape index (κ3) is 2.32. The monoisotopic (exact) mass is 305 g/mol. The number of hydrogen-bond acceptors (Lipinski definition) is 5. The summed E-state index contributed by atoms with van der Waals surface area (Å²) in [6, 6.07) is 5.79. The summed E-state index contributed by atoms with van der Waals surface area (Å²) in [6.45, 7) is 1.82. The minimum Gasteiger partial charge on any atom is -0.454 e. The van der Waals surface area contributed by atoms with Gasteiger partial charge in [-0.3, -0.25) is 9.67 Å². The van der Waals surface area contributed by atoms with Crippen molar-refractivity contribution in [1.29, 1.82) is 0 Å². The minimum absolute atomic E-state index is 0.210. The molecule has 4 rings (SSSR count). The van der Waals surface area contributed by atoms with Crippen LogP contribution in [0.2, 0.25) is 0 Å². The van der Waals surface area contributed by atoms with Crippen LogP contribution in [0.25, 0.3) is 11.4 Å². The minimum atomic E-state index is 0.210. The highest BCUT2D eigenvalue weighted by molar-refractivity contribution is 7.71. The fraction of sp³-hybridized carbons (Fsp3) is 0.429. The van der Waals surface area contributed by atoms with E-state index in [1.165, 1.54) is 0 Å². The molecule has 1 fully saturated rings. The Balaban J connectivity index is 1.70. The van der Waals surface area contributed by atoms with Gasteiger partial charge in [0.25, 0.3) is 0 Å². The van der Waals surface area contributed by atoms with Gasteiger partial charge in [-0.15, -0.1) is 0 Å². The summed E-state index contributed by atoms with van der Waals surface area (Å²) in [7, 11) is 0. The second-order valence-electron chi connectivity index (χ2n) is 5.17. The SMILES string of the molecule is S=c1[nH]nc(-c2ccc3c(c2)OCO3)n1C[C@H]1CCCO1. The Morgan fingerprint density at radius 3 is 3.10 bits per heavy atom. The molecule has 110 valence electrons. The number of nitrogens with one attached hydrogen (secondary N) is 1. The van der Waals surface area contributed by atoms with Crippen molar-refractivity contribution >= 4 is 12.2 Å². The topological polar surface area (TPSA) is 61.3 Å². The Kier molecular flexibility index (Phi) is 3.16. The van der Waals surface area contributed by atoms with E-state index in [1.54, 1.807) is 0 Å². The largest absolute Gasteiger partial charge is 0.454 e. The zero-order valence-electron chi connectivity index (χ0n) is 11.4. The summed E-state index contributed by atoms with van der Waals surface area (Å²) in [5.41, 5.74) is 0.949. The highest BCUT2D eigenvalue weighted by Gasteiger charge is 2.21. The third-order valence-corrected chi connectivity index (χ3v) is 4.11. The average molecular weight is 305 g/mol. The molecule has 0 radical (unpaired) electrons. The maximum atomic E-state index is 5.69. The standard InChI is InChI=1S/C14H15N3O3S/c21-14-16-15-13(17(14)7-10-2-1-5-18-10)9-3-4-11-12(6-9)20-8-19-11/h3-4,6,10H,1-2,5,7-8H2,(H,16,21)/t10-/m1/s1. The number of benzene rings is 1. The van der Waals surface area contributed by atoms with Crippen LogP contribution in [-0.2, 0) is 11.3 Å². The Morgan fingerprint density at radius 2 is 2.24 bits per heavy atom. The van der Waals surface area contributed by atoms with Crippen LogP contribution < -0.4 is 9.47 Å². The van der Waals surface area contributed by atoms with E-state index in [0.717, 1.165) is 48.9 Å². The molecule has 21 heavy (non-hydrogen) atoms. The van der Waals surface area contributed by atoms with E-state index in [4.69, 9.17) is 26.4 Å². The Morgan fingerprint density at radius 1 is 1.33 bits per heavy atom. The first-order chi connectivity index (χ1) is 10.3. The van der Waals surface area contributed by atoms with Gasteiger partial charge in [0.15, 0.2) is 22.1 Å². The summed E-state index contributed by atoms with van der Waals surface area (Å²) < 4.78 is 19.0. The zero-order valence-corrected chi connectivity index (χ0v) is 12.2. The van der Waals surface area contributed by atoms with Gasteiger partial charge in [0.05, 0.1) is 12.6 Å². The molecule has 0 unspecified atom stereocenters. The summed E-state index contributed by atoms with van der Waals surface area (Å²) in [6.07, 6.45) is 2.38. The molecule has 7 heteroatoms. The van der Waals surface area contributed by atoms with Crippen molar-refractivity contribution in [3.05, 3.63) is 23.0 Å². The molecular weight excluding hydrogens is 290 g/mol. The molecule has 0 aliphatic carbocycles. The molecule has 0 saturated carbocycles. The Labute approximate surface area is 126 Å². The zero-order chi connectivity index (χ0) is 14.2. The van der Waals surface area contributed by atoms with Crippen molar-refractivity contribution in [1.82, 2.24) is 14.8 Å². The van der Waals surface area contributed by atoms with Crippen LogP contribution in [-0.4, -0.2) is 34.3 Å². The molecule has 2 aromatic rings. The summed E-state index contributed by atoms with van der Waals surface area (Å²) >= 11 is 5.34. The van der Waals surface area contributed by atoms with Crippen molar-refractivity contribution < 1.29 is 14.2 Å². The molecule has 3 heterocycles. The van der Waals surface area contributed by atoms with E-state index < -0.39 is 0 Å². The predicted molar refractivity (Wildman–Crippen MR) is 77.9 cm³/mol. The van der Waals surface area contributed by atoms with Gasteiger partial charge in [0, 0.05) is 12.2 Å². The molecule has 1 aromatic carbocycles. The quantitative estimate of drug-likeness (QED) is 0.883. The van der Waals surface area contributed by atoms with E-state index >= 15 is 0 Å². The Bertz CT molecular complexity index is 718. The number of aromatic amines is 1. The molecule has 0 spiro atoms.